The summed E-state index contributed by atoms with van der Waals surface area (Å²) in [7, 11) is -3.55. The lowest BCUT2D eigenvalue weighted by Gasteiger charge is -2.14. The molecule has 0 aliphatic carbocycles. The third-order valence-corrected chi connectivity index (χ3v) is 5.78. The monoisotopic (exact) mass is 323 g/mol. The first-order chi connectivity index (χ1) is 7.59. The van der Waals surface area contributed by atoms with Crippen molar-refractivity contribution in [2.75, 3.05) is 11.9 Å². The summed E-state index contributed by atoms with van der Waals surface area (Å²) >= 11 is 4.46. The number of hydrogen-bond acceptors (Lipinski definition) is 4. The third-order valence-electron chi connectivity index (χ3n) is 2.36. The van der Waals surface area contributed by atoms with Crippen LogP contribution >= 0.6 is 27.3 Å². The van der Waals surface area contributed by atoms with Gasteiger partial charge in [-0.2, -0.15) is 0 Å². The molecule has 0 spiro atoms. The van der Waals surface area contributed by atoms with Gasteiger partial charge < -0.3 is 0 Å². The molecule has 0 radical (unpaired) electrons. The van der Waals surface area contributed by atoms with E-state index in [-0.39, 0.29) is 17.3 Å². The van der Waals surface area contributed by atoms with Crippen LogP contribution in [0.4, 0.5) is 0 Å². The van der Waals surface area contributed by atoms with Gasteiger partial charge >= 0.3 is 0 Å². The molecular formula is C9H10BrNO3S2. The summed E-state index contributed by atoms with van der Waals surface area (Å²) in [6.45, 7) is 0.272. The molecule has 0 fully saturated rings. The van der Waals surface area contributed by atoms with Crippen molar-refractivity contribution in [2.45, 2.75) is 17.7 Å². The highest BCUT2D eigenvalue weighted by molar-refractivity contribution is 9.09. The van der Waals surface area contributed by atoms with Gasteiger partial charge in [-0.05, 0) is 24.3 Å². The van der Waals surface area contributed by atoms with E-state index in [1.807, 2.05) is 0 Å². The summed E-state index contributed by atoms with van der Waals surface area (Å²) in [5.74, 6) is -0.375. The zero-order valence-electron chi connectivity index (χ0n) is 8.35. The molecule has 0 bridgehead atoms. The molecule has 2 rings (SSSR count). The van der Waals surface area contributed by atoms with Gasteiger partial charge in [-0.3, -0.25) is 4.79 Å². The number of unbranched alkanes of at least 4 members (excludes halogenated alkanes) is 1. The van der Waals surface area contributed by atoms with E-state index in [9.17, 15) is 13.2 Å². The van der Waals surface area contributed by atoms with E-state index in [0.717, 1.165) is 16.1 Å². The van der Waals surface area contributed by atoms with Gasteiger partial charge in [0.25, 0.3) is 15.9 Å². The minimum atomic E-state index is -3.55. The number of amides is 1. The van der Waals surface area contributed by atoms with Gasteiger partial charge in [-0.25, -0.2) is 12.7 Å². The summed E-state index contributed by atoms with van der Waals surface area (Å²) < 4.78 is 24.9. The molecule has 1 amide bonds. The number of sulfonamides is 1. The molecule has 0 saturated heterocycles. The average Bonchev–Trinajstić information content (AvgIpc) is 2.77. The van der Waals surface area contributed by atoms with E-state index in [4.69, 9.17) is 0 Å². The van der Waals surface area contributed by atoms with Crippen LogP contribution in [0.25, 0.3) is 0 Å². The van der Waals surface area contributed by atoms with Crippen LogP contribution in [0.5, 0.6) is 0 Å². The fourth-order valence-corrected chi connectivity index (χ4v) is 4.78. The first kappa shape index (κ1) is 12.1. The molecule has 2 heterocycles. The molecule has 0 saturated carbocycles. The zero-order valence-corrected chi connectivity index (χ0v) is 11.6. The second-order valence-corrected chi connectivity index (χ2v) is 6.93. The highest BCUT2D eigenvalue weighted by atomic mass is 79.9. The number of hydrogen-bond donors (Lipinski definition) is 0. The van der Waals surface area contributed by atoms with Crippen LogP contribution in [0.15, 0.2) is 16.3 Å². The topological polar surface area (TPSA) is 54.5 Å². The Morgan fingerprint density at radius 1 is 1.38 bits per heavy atom. The summed E-state index contributed by atoms with van der Waals surface area (Å²) in [6, 6.07) is 1.50. The van der Waals surface area contributed by atoms with E-state index in [0.29, 0.717) is 11.3 Å². The predicted octanol–water partition coefficient (Wildman–Crippen LogP) is 2.07. The number of carbonyl (C=O) groups excluding carboxylic acids is 1. The van der Waals surface area contributed by atoms with Crippen molar-refractivity contribution >= 4 is 43.2 Å². The van der Waals surface area contributed by atoms with Crippen LogP contribution in [0.3, 0.4) is 0 Å². The van der Waals surface area contributed by atoms with Crippen molar-refractivity contribution in [3.8, 4) is 0 Å². The quantitative estimate of drug-likeness (QED) is 0.629. The van der Waals surface area contributed by atoms with Crippen LogP contribution in [0, 0.1) is 0 Å². The smallest absolute Gasteiger partial charge is 0.267 e. The van der Waals surface area contributed by atoms with Crippen molar-refractivity contribution < 1.29 is 13.2 Å². The Balaban J connectivity index is 2.24. The van der Waals surface area contributed by atoms with Gasteiger partial charge in [0.15, 0.2) is 0 Å². The van der Waals surface area contributed by atoms with Gasteiger partial charge in [-0.1, -0.05) is 15.9 Å². The second kappa shape index (κ2) is 4.46. The number of fused-ring (bicyclic) bond motifs is 1. The van der Waals surface area contributed by atoms with Crippen LogP contribution < -0.4 is 0 Å². The molecular weight excluding hydrogens is 314 g/mol. The Morgan fingerprint density at radius 2 is 2.12 bits per heavy atom. The Labute approximate surface area is 106 Å². The number of nitrogens with zero attached hydrogens (tertiary/aromatic N) is 1. The number of thiophene rings is 1. The lowest BCUT2D eigenvalue weighted by Crippen LogP contribution is -2.31. The Bertz CT molecular complexity index is 509. The molecule has 4 nitrogen and oxygen atoms in total. The molecule has 7 heteroatoms. The van der Waals surface area contributed by atoms with Crippen LogP contribution in [0.1, 0.15) is 22.5 Å². The van der Waals surface area contributed by atoms with Crippen molar-refractivity contribution in [1.82, 2.24) is 4.31 Å². The fourth-order valence-electron chi connectivity index (χ4n) is 1.57. The number of alkyl halides is 1. The maximum Gasteiger partial charge on any atom is 0.279 e. The number of carbonyl (C=O) groups is 1. The van der Waals surface area contributed by atoms with Gasteiger partial charge in [-0.15, -0.1) is 11.3 Å². The standard InChI is InChI=1S/C9H10BrNO3S2/c10-4-1-2-5-11-9(12)8-7(3-6-15-8)16(11,13)14/h3,6H,1-2,4-5H2. The second-order valence-electron chi connectivity index (χ2n) is 3.39. The Kier molecular flexibility index (Phi) is 3.37. The van der Waals surface area contributed by atoms with Crippen molar-refractivity contribution in [1.29, 1.82) is 0 Å². The molecule has 0 atom stereocenters. The predicted molar refractivity (Wildman–Crippen MR) is 65.6 cm³/mol. The molecule has 1 aliphatic heterocycles. The SMILES string of the molecule is O=C1c2sccc2S(=O)(=O)N1CCCCBr. The number of rotatable bonds is 4. The van der Waals surface area contributed by atoms with E-state index in [2.05, 4.69) is 15.9 Å². The molecule has 1 aromatic rings. The summed E-state index contributed by atoms with van der Waals surface area (Å²) in [6.07, 6.45) is 1.54. The van der Waals surface area contributed by atoms with Gasteiger partial charge in [0.2, 0.25) is 0 Å². The van der Waals surface area contributed by atoms with E-state index < -0.39 is 10.0 Å². The Hall–Kier alpha value is -0.400. The normalized spacial score (nSPS) is 17.8. The molecule has 88 valence electrons. The molecule has 1 aliphatic rings. The fraction of sp³-hybridized carbons (Fsp3) is 0.444. The highest BCUT2D eigenvalue weighted by Gasteiger charge is 2.41. The van der Waals surface area contributed by atoms with E-state index >= 15 is 0 Å². The third kappa shape index (κ3) is 1.80. The largest absolute Gasteiger partial charge is 0.279 e. The highest BCUT2D eigenvalue weighted by Crippen LogP contribution is 2.34. The Morgan fingerprint density at radius 3 is 2.75 bits per heavy atom. The first-order valence-corrected chi connectivity index (χ1v) is 8.23. The first-order valence-electron chi connectivity index (χ1n) is 4.79. The van der Waals surface area contributed by atoms with Crippen LogP contribution in [-0.2, 0) is 10.0 Å². The molecule has 16 heavy (non-hydrogen) atoms. The minimum Gasteiger partial charge on any atom is -0.267 e. The maximum absolute atomic E-state index is 11.9. The molecule has 0 N–H and O–H groups in total. The van der Waals surface area contributed by atoms with Gasteiger partial charge in [0.05, 0.1) is 0 Å². The van der Waals surface area contributed by atoms with E-state index in [1.165, 1.54) is 17.4 Å². The summed E-state index contributed by atoms with van der Waals surface area (Å²) in [5.41, 5.74) is 0. The molecule has 1 aromatic heterocycles. The minimum absolute atomic E-state index is 0.168. The summed E-state index contributed by atoms with van der Waals surface area (Å²) in [4.78, 5) is 12.3. The van der Waals surface area contributed by atoms with Crippen molar-refractivity contribution in [3.05, 3.63) is 16.3 Å². The maximum atomic E-state index is 11.9. The molecule has 0 unspecified atom stereocenters. The van der Waals surface area contributed by atoms with Gasteiger partial charge in [0.1, 0.15) is 9.77 Å². The van der Waals surface area contributed by atoms with Crippen molar-refractivity contribution in [3.63, 3.8) is 0 Å². The van der Waals surface area contributed by atoms with Crippen LogP contribution in [-0.4, -0.2) is 30.5 Å². The lowest BCUT2D eigenvalue weighted by molar-refractivity contribution is 0.0874. The van der Waals surface area contributed by atoms with E-state index in [1.54, 1.807) is 5.38 Å². The zero-order chi connectivity index (χ0) is 11.8. The lowest BCUT2D eigenvalue weighted by atomic mass is 10.3. The summed E-state index contributed by atoms with van der Waals surface area (Å²) in [5, 5.41) is 2.45. The van der Waals surface area contributed by atoms with Crippen LogP contribution in [0.2, 0.25) is 0 Å². The average molecular weight is 324 g/mol. The molecule has 0 aromatic carbocycles. The van der Waals surface area contributed by atoms with Crippen molar-refractivity contribution in [2.24, 2.45) is 0 Å². The number of halogens is 1. The van der Waals surface area contributed by atoms with Gasteiger partial charge in [0, 0.05) is 11.9 Å².